The smallest absolute Gasteiger partial charge is 0.259 e. The first-order valence-electron chi connectivity index (χ1n) is 8.65. The van der Waals surface area contributed by atoms with Gasteiger partial charge in [0.1, 0.15) is 5.76 Å². The summed E-state index contributed by atoms with van der Waals surface area (Å²) in [4.78, 5) is 25.2. The lowest BCUT2D eigenvalue weighted by Crippen LogP contribution is -2.40. The molecule has 0 bridgehead atoms. The number of amides is 2. The standard InChI is InChI=1S/C19H22ClN3O3.ClH/c1-11-15(8-9-26-11)18(24)23-17-10-12(20)2-7-16(17)19(25)22-14-5-3-13(21)4-6-14;/h2,7-10,13-14H,3-6,21H2,1H3,(H,22,25)(H,23,24);1H. The van der Waals surface area contributed by atoms with Gasteiger partial charge in [-0.1, -0.05) is 11.6 Å². The zero-order valence-electron chi connectivity index (χ0n) is 15.0. The van der Waals surface area contributed by atoms with Crippen LogP contribution in [0.15, 0.2) is 34.9 Å². The summed E-state index contributed by atoms with van der Waals surface area (Å²) in [6, 6.07) is 6.71. The monoisotopic (exact) mass is 411 g/mol. The van der Waals surface area contributed by atoms with Gasteiger partial charge in [0.2, 0.25) is 0 Å². The lowest BCUT2D eigenvalue weighted by Gasteiger charge is -2.27. The number of benzene rings is 1. The van der Waals surface area contributed by atoms with Gasteiger partial charge in [-0.05, 0) is 56.9 Å². The molecule has 2 amide bonds. The van der Waals surface area contributed by atoms with Crippen LogP contribution >= 0.6 is 24.0 Å². The number of carbonyl (C=O) groups excluding carboxylic acids is 2. The van der Waals surface area contributed by atoms with E-state index in [1.807, 2.05) is 0 Å². The van der Waals surface area contributed by atoms with Crippen molar-refractivity contribution in [1.82, 2.24) is 5.32 Å². The van der Waals surface area contributed by atoms with Gasteiger partial charge < -0.3 is 20.8 Å². The maximum absolute atomic E-state index is 12.7. The second-order valence-corrected chi connectivity index (χ2v) is 7.06. The first-order valence-corrected chi connectivity index (χ1v) is 9.03. The molecule has 1 aliphatic rings. The van der Waals surface area contributed by atoms with Gasteiger partial charge in [-0.15, -0.1) is 12.4 Å². The molecule has 146 valence electrons. The Morgan fingerprint density at radius 1 is 1.11 bits per heavy atom. The zero-order valence-corrected chi connectivity index (χ0v) is 16.5. The predicted octanol–water partition coefficient (Wildman–Crippen LogP) is 3.92. The van der Waals surface area contributed by atoms with E-state index in [2.05, 4.69) is 10.6 Å². The molecule has 0 spiro atoms. The number of aryl methyl sites for hydroxylation is 1. The van der Waals surface area contributed by atoms with Crippen molar-refractivity contribution in [1.29, 1.82) is 0 Å². The summed E-state index contributed by atoms with van der Waals surface area (Å²) in [5.74, 6) is -0.0772. The summed E-state index contributed by atoms with van der Waals surface area (Å²) in [6.07, 6.45) is 4.96. The quantitative estimate of drug-likeness (QED) is 0.709. The topological polar surface area (TPSA) is 97.4 Å². The molecule has 0 unspecified atom stereocenters. The summed E-state index contributed by atoms with van der Waals surface area (Å²) in [5, 5.41) is 6.22. The summed E-state index contributed by atoms with van der Waals surface area (Å²) in [6.45, 7) is 1.70. The third-order valence-corrected chi connectivity index (χ3v) is 4.92. The third-order valence-electron chi connectivity index (χ3n) is 4.68. The fourth-order valence-electron chi connectivity index (χ4n) is 3.15. The van der Waals surface area contributed by atoms with Gasteiger partial charge in [0.05, 0.1) is 23.1 Å². The zero-order chi connectivity index (χ0) is 18.7. The lowest BCUT2D eigenvalue weighted by atomic mass is 9.91. The van der Waals surface area contributed by atoms with Crippen molar-refractivity contribution in [2.75, 3.05) is 5.32 Å². The number of anilines is 1. The number of carbonyl (C=O) groups is 2. The molecule has 8 heteroatoms. The minimum Gasteiger partial charge on any atom is -0.469 e. The number of nitrogens with one attached hydrogen (secondary N) is 2. The number of hydrogen-bond acceptors (Lipinski definition) is 4. The van der Waals surface area contributed by atoms with Crippen LogP contribution in [0.1, 0.15) is 52.2 Å². The highest BCUT2D eigenvalue weighted by atomic mass is 35.5. The van der Waals surface area contributed by atoms with Crippen LogP contribution in [-0.4, -0.2) is 23.9 Å². The molecule has 1 fully saturated rings. The van der Waals surface area contributed by atoms with E-state index in [0.29, 0.717) is 27.6 Å². The van der Waals surface area contributed by atoms with Gasteiger partial charge in [0, 0.05) is 17.1 Å². The van der Waals surface area contributed by atoms with Crippen LogP contribution in [0.4, 0.5) is 5.69 Å². The summed E-state index contributed by atoms with van der Waals surface area (Å²) in [5.41, 5.74) is 7.07. The van der Waals surface area contributed by atoms with Gasteiger partial charge in [-0.2, -0.15) is 0 Å². The Kier molecular flexibility index (Phi) is 7.30. The molecule has 4 N–H and O–H groups in total. The van der Waals surface area contributed by atoms with E-state index in [1.165, 1.54) is 6.26 Å². The summed E-state index contributed by atoms with van der Waals surface area (Å²) in [7, 11) is 0. The summed E-state index contributed by atoms with van der Waals surface area (Å²) >= 11 is 6.05. The Hall–Kier alpha value is -2.02. The van der Waals surface area contributed by atoms with Crippen molar-refractivity contribution in [3.8, 4) is 0 Å². The molecule has 3 rings (SSSR count). The van der Waals surface area contributed by atoms with E-state index in [-0.39, 0.29) is 36.3 Å². The Morgan fingerprint density at radius 3 is 2.44 bits per heavy atom. The van der Waals surface area contributed by atoms with E-state index in [4.69, 9.17) is 21.8 Å². The molecule has 6 nitrogen and oxygen atoms in total. The molecule has 1 heterocycles. The Labute approximate surface area is 169 Å². The van der Waals surface area contributed by atoms with Crippen LogP contribution in [0.25, 0.3) is 0 Å². The number of furan rings is 1. The van der Waals surface area contributed by atoms with Gasteiger partial charge >= 0.3 is 0 Å². The van der Waals surface area contributed by atoms with E-state index in [0.717, 1.165) is 25.7 Å². The van der Waals surface area contributed by atoms with Crippen molar-refractivity contribution in [2.24, 2.45) is 5.73 Å². The molecular formula is C19H23Cl2N3O3. The van der Waals surface area contributed by atoms with E-state index in [9.17, 15) is 9.59 Å². The van der Waals surface area contributed by atoms with Crippen LogP contribution in [0.5, 0.6) is 0 Å². The fourth-order valence-corrected chi connectivity index (χ4v) is 3.33. The first kappa shape index (κ1) is 21.3. The number of nitrogens with two attached hydrogens (primary N) is 1. The van der Waals surface area contributed by atoms with Crippen LogP contribution < -0.4 is 16.4 Å². The molecular weight excluding hydrogens is 389 g/mol. The molecule has 27 heavy (non-hydrogen) atoms. The van der Waals surface area contributed by atoms with Crippen molar-refractivity contribution in [3.05, 3.63) is 52.4 Å². The van der Waals surface area contributed by atoms with Gasteiger partial charge in [-0.25, -0.2) is 0 Å². The highest BCUT2D eigenvalue weighted by Crippen LogP contribution is 2.24. The second kappa shape index (κ2) is 9.26. The largest absolute Gasteiger partial charge is 0.469 e. The minimum atomic E-state index is -0.351. The van der Waals surface area contributed by atoms with Crippen molar-refractivity contribution < 1.29 is 14.0 Å². The minimum absolute atomic E-state index is 0. The Balaban J connectivity index is 0.00000261. The van der Waals surface area contributed by atoms with Crippen LogP contribution in [0.3, 0.4) is 0 Å². The van der Waals surface area contributed by atoms with Crippen molar-refractivity contribution in [2.45, 2.75) is 44.7 Å². The summed E-state index contributed by atoms with van der Waals surface area (Å²) < 4.78 is 5.16. The molecule has 0 atom stereocenters. The third kappa shape index (κ3) is 5.25. The number of hydrogen-bond donors (Lipinski definition) is 3. The molecule has 0 saturated heterocycles. The number of halogens is 2. The Morgan fingerprint density at radius 2 is 1.81 bits per heavy atom. The van der Waals surface area contributed by atoms with Crippen LogP contribution in [-0.2, 0) is 0 Å². The maximum atomic E-state index is 12.7. The van der Waals surface area contributed by atoms with Crippen molar-refractivity contribution in [3.63, 3.8) is 0 Å². The average molecular weight is 412 g/mol. The predicted molar refractivity (Wildman–Crippen MR) is 108 cm³/mol. The lowest BCUT2D eigenvalue weighted by molar-refractivity contribution is 0.0927. The average Bonchev–Trinajstić information content (AvgIpc) is 3.03. The molecule has 2 aromatic rings. The first-order chi connectivity index (χ1) is 12.4. The highest BCUT2D eigenvalue weighted by Gasteiger charge is 2.22. The second-order valence-electron chi connectivity index (χ2n) is 6.62. The number of rotatable bonds is 4. The molecule has 0 aliphatic heterocycles. The van der Waals surface area contributed by atoms with E-state index >= 15 is 0 Å². The molecule has 1 aromatic heterocycles. The fraction of sp³-hybridized carbons (Fsp3) is 0.368. The van der Waals surface area contributed by atoms with E-state index < -0.39 is 0 Å². The van der Waals surface area contributed by atoms with E-state index in [1.54, 1.807) is 31.2 Å². The van der Waals surface area contributed by atoms with Gasteiger partial charge in [0.25, 0.3) is 11.8 Å². The molecule has 1 aromatic carbocycles. The molecule has 1 aliphatic carbocycles. The highest BCUT2D eigenvalue weighted by molar-refractivity contribution is 6.31. The molecule has 1 saturated carbocycles. The van der Waals surface area contributed by atoms with Crippen LogP contribution in [0.2, 0.25) is 5.02 Å². The normalized spacial score (nSPS) is 19.1. The Bertz CT molecular complexity index is 814. The van der Waals surface area contributed by atoms with Gasteiger partial charge in [-0.3, -0.25) is 9.59 Å². The van der Waals surface area contributed by atoms with Gasteiger partial charge in [0.15, 0.2) is 0 Å². The van der Waals surface area contributed by atoms with Crippen LogP contribution in [0, 0.1) is 6.92 Å². The SMILES string of the molecule is Cc1occc1C(=O)Nc1cc(Cl)ccc1C(=O)NC1CCC(N)CC1.Cl. The van der Waals surface area contributed by atoms with Crippen molar-refractivity contribution >= 4 is 41.5 Å². The molecule has 0 radical (unpaired) electrons. The maximum Gasteiger partial charge on any atom is 0.259 e.